The first-order chi connectivity index (χ1) is 7.25. The standard InChI is InChI=1S/C10H16N2O4/c1-5-16-9(14)7(12-11)8(13)6(2)10(3,4)15/h6,15H,5H2,1-4H3/t6-/m0/s1. The Hall–Kier alpha value is -1.52. The Morgan fingerprint density at radius 1 is 1.50 bits per heavy atom. The first-order valence-corrected chi connectivity index (χ1v) is 4.91. The molecule has 0 saturated carbocycles. The summed E-state index contributed by atoms with van der Waals surface area (Å²) >= 11 is 0. The van der Waals surface area contributed by atoms with Gasteiger partial charge < -0.3 is 15.4 Å². The fourth-order valence-corrected chi connectivity index (χ4v) is 0.916. The molecule has 90 valence electrons. The van der Waals surface area contributed by atoms with E-state index in [1.54, 1.807) is 6.92 Å². The molecule has 0 saturated heterocycles. The molecule has 0 spiro atoms. The van der Waals surface area contributed by atoms with Gasteiger partial charge in [-0.3, -0.25) is 4.79 Å². The van der Waals surface area contributed by atoms with Crippen LogP contribution in [0.1, 0.15) is 27.7 Å². The van der Waals surface area contributed by atoms with Gasteiger partial charge in [0.2, 0.25) is 0 Å². The molecule has 0 fully saturated rings. The van der Waals surface area contributed by atoms with Crippen LogP contribution in [0.15, 0.2) is 0 Å². The molecule has 0 aliphatic carbocycles. The van der Waals surface area contributed by atoms with Crippen LogP contribution < -0.4 is 0 Å². The summed E-state index contributed by atoms with van der Waals surface area (Å²) in [5.41, 5.74) is 6.59. The van der Waals surface area contributed by atoms with Crippen LogP contribution in [0.3, 0.4) is 0 Å². The molecule has 1 N–H and O–H groups in total. The molecule has 0 bridgehead atoms. The smallest absolute Gasteiger partial charge is 0.441 e. The molecule has 0 aromatic heterocycles. The first-order valence-electron chi connectivity index (χ1n) is 4.91. The Morgan fingerprint density at radius 3 is 2.31 bits per heavy atom. The highest BCUT2D eigenvalue weighted by Gasteiger charge is 2.40. The third kappa shape index (κ3) is 3.56. The molecule has 0 unspecified atom stereocenters. The van der Waals surface area contributed by atoms with Gasteiger partial charge in [0, 0.05) is 0 Å². The Kier molecular flexibility index (Phi) is 5.01. The number of esters is 1. The quantitative estimate of drug-likeness (QED) is 0.239. The van der Waals surface area contributed by atoms with Crippen LogP contribution >= 0.6 is 0 Å². The molecule has 0 aromatic rings. The van der Waals surface area contributed by atoms with Crippen LogP contribution in [0.5, 0.6) is 0 Å². The lowest BCUT2D eigenvalue weighted by atomic mass is 9.87. The maximum absolute atomic E-state index is 11.7. The Morgan fingerprint density at radius 2 is 2.00 bits per heavy atom. The van der Waals surface area contributed by atoms with Gasteiger partial charge >= 0.3 is 11.7 Å². The minimum absolute atomic E-state index is 0.0715. The van der Waals surface area contributed by atoms with E-state index in [4.69, 9.17) is 5.53 Å². The minimum Gasteiger partial charge on any atom is -0.457 e. The monoisotopic (exact) mass is 228 g/mol. The minimum atomic E-state index is -1.31. The van der Waals surface area contributed by atoms with Crippen LogP contribution in [-0.4, -0.2) is 39.6 Å². The van der Waals surface area contributed by atoms with Crippen molar-refractivity contribution < 1.29 is 24.2 Å². The first kappa shape index (κ1) is 14.5. The second-order valence-corrected chi connectivity index (χ2v) is 3.91. The van der Waals surface area contributed by atoms with Crippen molar-refractivity contribution in [3.05, 3.63) is 5.53 Å². The van der Waals surface area contributed by atoms with Crippen molar-refractivity contribution in [2.24, 2.45) is 5.92 Å². The van der Waals surface area contributed by atoms with Crippen LogP contribution in [0.25, 0.3) is 5.53 Å². The second kappa shape index (κ2) is 5.53. The van der Waals surface area contributed by atoms with E-state index in [0.717, 1.165) is 0 Å². The molecule has 0 aliphatic heterocycles. The zero-order valence-corrected chi connectivity index (χ0v) is 9.85. The lowest BCUT2D eigenvalue weighted by Crippen LogP contribution is -2.41. The molecule has 0 radical (unpaired) electrons. The number of nitrogens with zero attached hydrogens (tertiary/aromatic N) is 2. The number of ether oxygens (including phenoxy) is 1. The third-order valence-electron chi connectivity index (χ3n) is 2.26. The van der Waals surface area contributed by atoms with Crippen LogP contribution in [-0.2, 0) is 14.3 Å². The molecule has 0 heterocycles. The summed E-state index contributed by atoms with van der Waals surface area (Å²) in [7, 11) is 0. The molecule has 16 heavy (non-hydrogen) atoms. The summed E-state index contributed by atoms with van der Waals surface area (Å²) in [6.07, 6.45) is 0. The zero-order valence-electron chi connectivity index (χ0n) is 9.85. The van der Waals surface area contributed by atoms with Crippen molar-refractivity contribution in [1.82, 2.24) is 0 Å². The van der Waals surface area contributed by atoms with Gasteiger partial charge in [-0.05, 0) is 20.8 Å². The van der Waals surface area contributed by atoms with Gasteiger partial charge in [0.05, 0.1) is 18.1 Å². The molecular formula is C10H16N2O4. The number of hydrogen-bond donors (Lipinski definition) is 1. The second-order valence-electron chi connectivity index (χ2n) is 3.91. The normalized spacial score (nSPS) is 12.6. The van der Waals surface area contributed by atoms with Gasteiger partial charge in [0.1, 0.15) is 0 Å². The van der Waals surface area contributed by atoms with E-state index in [1.165, 1.54) is 20.8 Å². The molecular weight excluding hydrogens is 212 g/mol. The van der Waals surface area contributed by atoms with Gasteiger partial charge in [-0.1, -0.05) is 6.92 Å². The molecule has 0 amide bonds. The van der Waals surface area contributed by atoms with E-state index in [9.17, 15) is 14.7 Å². The van der Waals surface area contributed by atoms with Gasteiger partial charge in [-0.2, -0.15) is 4.79 Å². The fourth-order valence-electron chi connectivity index (χ4n) is 0.916. The maximum atomic E-state index is 11.7. The molecule has 6 nitrogen and oxygen atoms in total. The van der Waals surface area contributed by atoms with Crippen molar-refractivity contribution >= 4 is 17.5 Å². The Balaban J connectivity index is 4.97. The van der Waals surface area contributed by atoms with Gasteiger partial charge in [-0.15, -0.1) is 0 Å². The summed E-state index contributed by atoms with van der Waals surface area (Å²) in [6.45, 7) is 5.93. The molecule has 0 rings (SSSR count). The highest BCUT2D eigenvalue weighted by Crippen LogP contribution is 2.17. The number of hydrogen-bond acceptors (Lipinski definition) is 4. The number of ketones is 1. The van der Waals surface area contributed by atoms with Crippen molar-refractivity contribution in [3.8, 4) is 0 Å². The van der Waals surface area contributed by atoms with Gasteiger partial charge in [-0.25, -0.2) is 4.79 Å². The largest absolute Gasteiger partial charge is 0.457 e. The highest BCUT2D eigenvalue weighted by atomic mass is 16.5. The third-order valence-corrected chi connectivity index (χ3v) is 2.26. The summed E-state index contributed by atoms with van der Waals surface area (Å²) in [5, 5.41) is 9.60. The van der Waals surface area contributed by atoms with Gasteiger partial charge in [0.25, 0.3) is 5.78 Å². The highest BCUT2D eigenvalue weighted by molar-refractivity contribution is 6.62. The summed E-state index contributed by atoms with van der Waals surface area (Å²) in [5.74, 6) is -2.62. The van der Waals surface area contributed by atoms with Crippen LogP contribution in [0.2, 0.25) is 0 Å². The number of carbonyl (C=O) groups excluding carboxylic acids is 2. The Bertz CT molecular complexity index is 337. The van der Waals surface area contributed by atoms with Crippen molar-refractivity contribution in [2.45, 2.75) is 33.3 Å². The average molecular weight is 228 g/mol. The summed E-state index contributed by atoms with van der Waals surface area (Å²) in [4.78, 5) is 25.5. The lowest BCUT2D eigenvalue weighted by Gasteiger charge is -2.22. The van der Waals surface area contributed by atoms with E-state index < -0.39 is 29.0 Å². The summed E-state index contributed by atoms with van der Waals surface area (Å²) < 4.78 is 4.55. The van der Waals surface area contributed by atoms with E-state index in [1.807, 2.05) is 0 Å². The lowest BCUT2D eigenvalue weighted by molar-refractivity contribution is -0.143. The van der Waals surface area contributed by atoms with E-state index in [0.29, 0.717) is 0 Å². The van der Waals surface area contributed by atoms with Gasteiger partial charge in [0.15, 0.2) is 0 Å². The topological polar surface area (TPSA) is 100 Å². The summed E-state index contributed by atoms with van der Waals surface area (Å²) in [6, 6.07) is 0. The molecule has 6 heteroatoms. The number of Topliss-reactive ketones (excluding diaryl/α,β-unsaturated/α-hetero) is 1. The average Bonchev–Trinajstić information content (AvgIpc) is 2.16. The van der Waals surface area contributed by atoms with E-state index in [-0.39, 0.29) is 6.61 Å². The van der Waals surface area contributed by atoms with Crippen molar-refractivity contribution in [1.29, 1.82) is 0 Å². The Labute approximate surface area is 93.8 Å². The number of aliphatic hydroxyl groups is 1. The van der Waals surface area contributed by atoms with Crippen molar-refractivity contribution in [2.75, 3.05) is 6.61 Å². The zero-order chi connectivity index (χ0) is 12.9. The SMILES string of the molecule is CCOC(=O)C(=[N+]=[N-])C(=O)[C@H](C)C(C)(C)O. The fraction of sp³-hybridized carbons (Fsp3) is 0.700. The molecule has 1 atom stereocenters. The van der Waals surface area contributed by atoms with Crippen molar-refractivity contribution in [3.63, 3.8) is 0 Å². The predicted molar refractivity (Wildman–Crippen MR) is 55.7 cm³/mol. The van der Waals surface area contributed by atoms with E-state index in [2.05, 4.69) is 9.53 Å². The maximum Gasteiger partial charge on any atom is 0.441 e. The van der Waals surface area contributed by atoms with E-state index >= 15 is 0 Å². The predicted octanol–water partition coefficient (Wildman–Crippen LogP) is 0.196. The molecule has 0 aromatic carbocycles. The van der Waals surface area contributed by atoms with Crippen LogP contribution in [0.4, 0.5) is 0 Å². The molecule has 0 aliphatic rings. The van der Waals surface area contributed by atoms with Crippen LogP contribution in [0, 0.1) is 5.92 Å². The number of carbonyl (C=O) groups is 2. The number of rotatable bonds is 5.